The third-order valence-electron chi connectivity index (χ3n) is 3.28. The summed E-state index contributed by atoms with van der Waals surface area (Å²) in [7, 11) is 0. The highest BCUT2D eigenvalue weighted by atomic mass is 16.5. The fourth-order valence-electron chi connectivity index (χ4n) is 2.27. The first-order valence-electron chi connectivity index (χ1n) is 6.21. The Bertz CT molecular complexity index is 473. The van der Waals surface area contributed by atoms with Gasteiger partial charge in [-0.2, -0.15) is 0 Å². The van der Waals surface area contributed by atoms with Crippen molar-refractivity contribution in [2.24, 2.45) is 0 Å². The highest BCUT2D eigenvalue weighted by Gasteiger charge is 2.24. The standard InChI is InChI=1S/C14H17NO2/c1-2-11-8-15-9-14(16-11)13-7-10-5-3-4-6-12(10)17-13/h3-7,11,14-15H,2,8-9H2,1H3. The van der Waals surface area contributed by atoms with Crippen LogP contribution < -0.4 is 5.32 Å². The third-order valence-corrected chi connectivity index (χ3v) is 3.28. The molecular weight excluding hydrogens is 214 g/mol. The predicted molar refractivity (Wildman–Crippen MR) is 67.0 cm³/mol. The zero-order chi connectivity index (χ0) is 11.7. The van der Waals surface area contributed by atoms with Crippen molar-refractivity contribution < 1.29 is 9.15 Å². The molecule has 3 heteroatoms. The number of fused-ring (bicyclic) bond motifs is 1. The Morgan fingerprint density at radius 3 is 3.00 bits per heavy atom. The summed E-state index contributed by atoms with van der Waals surface area (Å²) >= 11 is 0. The molecule has 1 aliphatic rings. The van der Waals surface area contributed by atoms with E-state index >= 15 is 0 Å². The zero-order valence-corrected chi connectivity index (χ0v) is 9.98. The van der Waals surface area contributed by atoms with E-state index in [-0.39, 0.29) is 6.10 Å². The van der Waals surface area contributed by atoms with E-state index in [0.717, 1.165) is 36.2 Å². The summed E-state index contributed by atoms with van der Waals surface area (Å²) in [6.07, 6.45) is 1.37. The van der Waals surface area contributed by atoms with Gasteiger partial charge >= 0.3 is 0 Å². The maximum Gasteiger partial charge on any atom is 0.135 e. The smallest absolute Gasteiger partial charge is 0.135 e. The van der Waals surface area contributed by atoms with Gasteiger partial charge in [0.05, 0.1) is 6.10 Å². The van der Waals surface area contributed by atoms with Gasteiger partial charge in [0.2, 0.25) is 0 Å². The molecule has 2 unspecified atom stereocenters. The predicted octanol–water partition coefficient (Wildman–Crippen LogP) is 2.87. The van der Waals surface area contributed by atoms with Gasteiger partial charge in [0.15, 0.2) is 0 Å². The second-order valence-electron chi connectivity index (χ2n) is 4.50. The molecule has 0 radical (unpaired) electrons. The van der Waals surface area contributed by atoms with E-state index < -0.39 is 0 Å². The van der Waals surface area contributed by atoms with E-state index in [9.17, 15) is 0 Å². The molecule has 1 aliphatic heterocycles. The molecule has 2 heterocycles. The van der Waals surface area contributed by atoms with Gasteiger partial charge in [0, 0.05) is 18.5 Å². The Kier molecular flexibility index (Phi) is 2.87. The van der Waals surface area contributed by atoms with Gasteiger partial charge in [0.25, 0.3) is 0 Å². The van der Waals surface area contributed by atoms with Crippen molar-refractivity contribution in [3.8, 4) is 0 Å². The van der Waals surface area contributed by atoms with Crippen LogP contribution in [-0.4, -0.2) is 19.2 Å². The lowest BCUT2D eigenvalue weighted by atomic mass is 10.1. The fourth-order valence-corrected chi connectivity index (χ4v) is 2.27. The van der Waals surface area contributed by atoms with E-state index in [1.54, 1.807) is 0 Å². The molecule has 2 atom stereocenters. The van der Waals surface area contributed by atoms with Gasteiger partial charge in [-0.25, -0.2) is 0 Å². The number of nitrogens with one attached hydrogen (secondary N) is 1. The van der Waals surface area contributed by atoms with Crippen LogP contribution in [0.3, 0.4) is 0 Å². The van der Waals surface area contributed by atoms with Gasteiger partial charge in [-0.3, -0.25) is 0 Å². The summed E-state index contributed by atoms with van der Waals surface area (Å²) in [5.74, 6) is 0.928. The van der Waals surface area contributed by atoms with Crippen LogP contribution in [0.15, 0.2) is 34.7 Å². The highest BCUT2D eigenvalue weighted by Crippen LogP contribution is 2.28. The maximum atomic E-state index is 5.99. The Hall–Kier alpha value is -1.32. The highest BCUT2D eigenvalue weighted by molar-refractivity contribution is 5.77. The average Bonchev–Trinajstić information content (AvgIpc) is 2.82. The van der Waals surface area contributed by atoms with E-state index in [1.807, 2.05) is 18.2 Å². The quantitative estimate of drug-likeness (QED) is 0.863. The number of furan rings is 1. The first-order chi connectivity index (χ1) is 8.36. The summed E-state index contributed by atoms with van der Waals surface area (Å²) < 4.78 is 11.8. The van der Waals surface area contributed by atoms with Crippen molar-refractivity contribution in [3.05, 3.63) is 36.1 Å². The SMILES string of the molecule is CCC1CNCC(c2cc3ccccc3o2)O1. The number of benzene rings is 1. The third kappa shape index (κ3) is 2.08. The number of para-hydroxylation sites is 1. The van der Waals surface area contributed by atoms with Gasteiger partial charge in [-0.15, -0.1) is 0 Å². The Morgan fingerprint density at radius 1 is 1.29 bits per heavy atom. The lowest BCUT2D eigenvalue weighted by Crippen LogP contribution is -2.40. The minimum absolute atomic E-state index is 0.0427. The Morgan fingerprint density at radius 2 is 2.18 bits per heavy atom. The van der Waals surface area contributed by atoms with Crippen molar-refractivity contribution in [2.75, 3.05) is 13.1 Å². The minimum Gasteiger partial charge on any atom is -0.458 e. The molecule has 0 saturated carbocycles. The summed E-state index contributed by atoms with van der Waals surface area (Å²) in [6.45, 7) is 3.91. The van der Waals surface area contributed by atoms with Crippen LogP contribution in [0.25, 0.3) is 11.0 Å². The molecule has 3 nitrogen and oxygen atoms in total. The van der Waals surface area contributed by atoms with Crippen LogP contribution in [0.1, 0.15) is 25.2 Å². The molecule has 2 aromatic rings. The Labute approximate surface area is 101 Å². The number of hydrogen-bond donors (Lipinski definition) is 1. The van der Waals surface area contributed by atoms with Crippen LogP contribution in [0, 0.1) is 0 Å². The Balaban J connectivity index is 1.87. The largest absolute Gasteiger partial charge is 0.458 e. The number of ether oxygens (including phenoxy) is 1. The van der Waals surface area contributed by atoms with Crippen LogP contribution in [0.4, 0.5) is 0 Å². The van der Waals surface area contributed by atoms with Gasteiger partial charge < -0.3 is 14.5 Å². The molecule has 0 amide bonds. The molecular formula is C14H17NO2. The van der Waals surface area contributed by atoms with E-state index in [2.05, 4.69) is 24.4 Å². The second-order valence-corrected chi connectivity index (χ2v) is 4.50. The average molecular weight is 231 g/mol. The minimum atomic E-state index is 0.0427. The first-order valence-corrected chi connectivity index (χ1v) is 6.21. The van der Waals surface area contributed by atoms with Crippen molar-refractivity contribution in [3.63, 3.8) is 0 Å². The van der Waals surface area contributed by atoms with Crippen molar-refractivity contribution in [2.45, 2.75) is 25.6 Å². The molecule has 1 aromatic carbocycles. The van der Waals surface area contributed by atoms with Crippen molar-refractivity contribution in [1.29, 1.82) is 0 Å². The molecule has 17 heavy (non-hydrogen) atoms. The van der Waals surface area contributed by atoms with Crippen LogP contribution >= 0.6 is 0 Å². The molecule has 1 aromatic heterocycles. The number of hydrogen-bond acceptors (Lipinski definition) is 3. The number of morpholine rings is 1. The van der Waals surface area contributed by atoms with Crippen molar-refractivity contribution in [1.82, 2.24) is 5.32 Å². The molecule has 1 fully saturated rings. The molecule has 1 N–H and O–H groups in total. The van der Waals surface area contributed by atoms with Crippen LogP contribution in [-0.2, 0) is 4.74 Å². The first kappa shape index (κ1) is 10.8. The van der Waals surface area contributed by atoms with Crippen LogP contribution in [0.2, 0.25) is 0 Å². The lowest BCUT2D eigenvalue weighted by molar-refractivity contribution is -0.0489. The molecule has 90 valence electrons. The van der Waals surface area contributed by atoms with Gasteiger partial charge in [-0.1, -0.05) is 25.1 Å². The summed E-state index contributed by atoms with van der Waals surface area (Å²) in [5, 5.41) is 4.54. The van der Waals surface area contributed by atoms with Crippen molar-refractivity contribution >= 4 is 11.0 Å². The number of rotatable bonds is 2. The monoisotopic (exact) mass is 231 g/mol. The van der Waals surface area contributed by atoms with E-state index in [0.29, 0.717) is 6.10 Å². The van der Waals surface area contributed by atoms with Crippen LogP contribution in [0.5, 0.6) is 0 Å². The molecule has 0 aliphatic carbocycles. The summed E-state index contributed by atoms with van der Waals surface area (Å²) in [4.78, 5) is 0. The fraction of sp³-hybridized carbons (Fsp3) is 0.429. The van der Waals surface area contributed by atoms with Gasteiger partial charge in [-0.05, 0) is 18.6 Å². The second kappa shape index (κ2) is 4.51. The topological polar surface area (TPSA) is 34.4 Å². The lowest BCUT2D eigenvalue weighted by Gasteiger charge is -2.28. The van der Waals surface area contributed by atoms with E-state index in [1.165, 1.54) is 0 Å². The molecule has 1 saturated heterocycles. The van der Waals surface area contributed by atoms with E-state index in [4.69, 9.17) is 9.15 Å². The summed E-state index contributed by atoms with van der Waals surface area (Å²) in [6, 6.07) is 10.2. The normalized spacial score (nSPS) is 25.2. The molecule has 0 bridgehead atoms. The maximum absolute atomic E-state index is 5.99. The van der Waals surface area contributed by atoms with Gasteiger partial charge in [0.1, 0.15) is 17.4 Å². The zero-order valence-electron chi connectivity index (χ0n) is 9.98. The molecule has 3 rings (SSSR count). The summed E-state index contributed by atoms with van der Waals surface area (Å²) in [5.41, 5.74) is 0.935. The molecule has 0 spiro atoms.